The van der Waals surface area contributed by atoms with E-state index in [9.17, 15) is 9.18 Å². The zero-order valence-corrected chi connectivity index (χ0v) is 23.0. The van der Waals surface area contributed by atoms with Crippen molar-refractivity contribution in [3.63, 3.8) is 0 Å². The van der Waals surface area contributed by atoms with Crippen molar-refractivity contribution in [1.82, 2.24) is 4.98 Å². The molecular formula is C32H39F2N3O. The van der Waals surface area contributed by atoms with Gasteiger partial charge in [-0.1, -0.05) is 56.9 Å². The summed E-state index contributed by atoms with van der Waals surface area (Å²) in [6, 6.07) is 2.30. The molecule has 0 fully saturated rings. The Balaban J connectivity index is 2.47. The van der Waals surface area contributed by atoms with Crippen LogP contribution in [0.25, 0.3) is 0 Å². The molecule has 0 saturated carbocycles. The molecule has 0 aliphatic carbocycles. The van der Waals surface area contributed by atoms with E-state index >= 15 is 4.39 Å². The highest BCUT2D eigenvalue weighted by Gasteiger charge is 2.27. The van der Waals surface area contributed by atoms with Crippen molar-refractivity contribution in [3.05, 3.63) is 107 Å². The van der Waals surface area contributed by atoms with Gasteiger partial charge in [-0.05, 0) is 63.7 Å². The Morgan fingerprint density at radius 1 is 1.16 bits per heavy atom. The van der Waals surface area contributed by atoms with Crippen molar-refractivity contribution in [3.8, 4) is 0 Å². The number of aromatic amines is 1. The number of carbonyl (C=O) groups is 1. The van der Waals surface area contributed by atoms with Crippen molar-refractivity contribution in [1.29, 1.82) is 5.41 Å². The van der Waals surface area contributed by atoms with Gasteiger partial charge in [-0.2, -0.15) is 0 Å². The fourth-order valence-electron chi connectivity index (χ4n) is 4.08. The summed E-state index contributed by atoms with van der Waals surface area (Å²) < 4.78 is 30.6. The molecule has 0 saturated heterocycles. The van der Waals surface area contributed by atoms with Crippen LogP contribution in [0.4, 0.5) is 8.78 Å². The normalized spacial score (nSPS) is 12.3. The number of aromatic nitrogens is 1. The SMILES string of the molecule is C=C/C=C/C(=C)Cc1[nH]cc(C(=O)c2c(F)ccc(C(=N)CCCC=C(C)CC)c2F)c1C(C)=NCCC. The molecule has 2 rings (SSSR count). The van der Waals surface area contributed by atoms with Crippen molar-refractivity contribution in [2.75, 3.05) is 6.54 Å². The van der Waals surface area contributed by atoms with Crippen molar-refractivity contribution in [2.45, 2.75) is 66.2 Å². The van der Waals surface area contributed by atoms with Crippen LogP contribution in [0.3, 0.4) is 0 Å². The van der Waals surface area contributed by atoms with E-state index in [0.717, 1.165) is 30.9 Å². The molecule has 202 valence electrons. The summed E-state index contributed by atoms with van der Waals surface area (Å²) in [5.41, 5.74) is 3.31. The molecule has 0 aliphatic heterocycles. The summed E-state index contributed by atoms with van der Waals surface area (Å²) in [5, 5.41) is 8.39. The Morgan fingerprint density at radius 2 is 1.89 bits per heavy atom. The second-order valence-corrected chi connectivity index (χ2v) is 9.34. The molecular weight excluding hydrogens is 480 g/mol. The van der Waals surface area contributed by atoms with Crippen molar-refractivity contribution >= 4 is 17.2 Å². The molecule has 0 amide bonds. The predicted octanol–water partition coefficient (Wildman–Crippen LogP) is 8.48. The number of nitrogens with zero attached hydrogens (tertiary/aromatic N) is 1. The minimum absolute atomic E-state index is 0.0417. The van der Waals surface area contributed by atoms with Gasteiger partial charge in [-0.25, -0.2) is 8.78 Å². The minimum Gasteiger partial charge on any atom is -0.363 e. The number of benzene rings is 1. The Morgan fingerprint density at radius 3 is 2.55 bits per heavy atom. The fraction of sp³-hybridized carbons (Fsp3) is 0.344. The van der Waals surface area contributed by atoms with Gasteiger partial charge in [0, 0.05) is 53.0 Å². The van der Waals surface area contributed by atoms with E-state index in [4.69, 9.17) is 5.41 Å². The van der Waals surface area contributed by atoms with E-state index in [0.29, 0.717) is 42.8 Å². The number of nitrogens with one attached hydrogen (secondary N) is 2. The second kappa shape index (κ2) is 14.9. The maximum Gasteiger partial charge on any atom is 0.201 e. The molecule has 0 radical (unpaired) electrons. The smallest absolute Gasteiger partial charge is 0.201 e. The van der Waals surface area contributed by atoms with Crippen LogP contribution in [0.2, 0.25) is 0 Å². The zero-order chi connectivity index (χ0) is 28.2. The molecule has 0 spiro atoms. The van der Waals surface area contributed by atoms with E-state index in [1.807, 2.05) is 19.9 Å². The molecule has 1 heterocycles. The van der Waals surface area contributed by atoms with Gasteiger partial charge in [-0.15, -0.1) is 0 Å². The largest absolute Gasteiger partial charge is 0.363 e. The first-order valence-corrected chi connectivity index (χ1v) is 13.1. The highest BCUT2D eigenvalue weighted by atomic mass is 19.1. The molecule has 0 atom stereocenters. The summed E-state index contributed by atoms with van der Waals surface area (Å²) in [6.07, 6.45) is 12.7. The van der Waals surface area contributed by atoms with E-state index < -0.39 is 23.0 Å². The van der Waals surface area contributed by atoms with E-state index in [1.165, 1.54) is 17.8 Å². The van der Waals surface area contributed by atoms with E-state index in [2.05, 4.69) is 36.1 Å². The third-order valence-corrected chi connectivity index (χ3v) is 6.34. The van der Waals surface area contributed by atoms with Crippen LogP contribution in [-0.4, -0.2) is 28.7 Å². The van der Waals surface area contributed by atoms with Crippen LogP contribution in [0, 0.1) is 17.0 Å². The average Bonchev–Trinajstić information content (AvgIpc) is 3.31. The first-order chi connectivity index (χ1) is 18.2. The third-order valence-electron chi connectivity index (χ3n) is 6.34. The second-order valence-electron chi connectivity index (χ2n) is 9.34. The topological polar surface area (TPSA) is 69.1 Å². The maximum atomic E-state index is 15.6. The Hall–Kier alpha value is -3.67. The number of rotatable bonds is 15. The first kappa shape index (κ1) is 30.6. The number of H-pyrrole nitrogens is 1. The monoisotopic (exact) mass is 519 g/mol. The number of hydrogen-bond donors (Lipinski definition) is 2. The summed E-state index contributed by atoms with van der Waals surface area (Å²) in [7, 11) is 0. The van der Waals surface area contributed by atoms with Crippen molar-refractivity contribution in [2.24, 2.45) is 4.99 Å². The molecule has 0 bridgehead atoms. The van der Waals surface area contributed by atoms with Gasteiger partial charge in [0.1, 0.15) is 11.6 Å². The van der Waals surface area contributed by atoms with Crippen LogP contribution in [0.15, 0.2) is 71.9 Å². The number of halogens is 2. The van der Waals surface area contributed by atoms with Gasteiger partial charge < -0.3 is 10.4 Å². The number of carbonyl (C=O) groups excluding carboxylic acids is 1. The zero-order valence-electron chi connectivity index (χ0n) is 23.0. The Labute approximate surface area is 225 Å². The summed E-state index contributed by atoms with van der Waals surface area (Å²) in [4.78, 5) is 21.3. The van der Waals surface area contributed by atoms with Gasteiger partial charge in [-0.3, -0.25) is 9.79 Å². The fourth-order valence-corrected chi connectivity index (χ4v) is 4.08. The van der Waals surface area contributed by atoms with E-state index in [-0.39, 0.29) is 16.8 Å². The van der Waals surface area contributed by atoms with Crippen LogP contribution < -0.4 is 0 Å². The average molecular weight is 520 g/mol. The standard InChI is InChI=1S/C32H39F2N3O/c1-7-10-13-22(5)19-28-29(23(6)36-18-8-2)25(20-37-28)32(38)30-26(33)17-16-24(31(30)34)27(35)15-12-11-14-21(4)9-3/h7,10,13-14,16-17,20,35,37H,1,5,8-9,11-12,15,18-19H2,2-4,6H3/b13-10+,21-14?,35-27?,36-23?. The quantitative estimate of drug-likeness (QED) is 0.0800. The molecule has 2 N–H and O–H groups in total. The maximum absolute atomic E-state index is 15.6. The number of aliphatic imine (C=N–C) groups is 1. The lowest BCUT2D eigenvalue weighted by Crippen LogP contribution is -2.15. The molecule has 38 heavy (non-hydrogen) atoms. The highest BCUT2D eigenvalue weighted by Crippen LogP contribution is 2.27. The lowest BCUT2D eigenvalue weighted by atomic mass is 9.93. The van der Waals surface area contributed by atoms with Crippen LogP contribution in [0.5, 0.6) is 0 Å². The Kier molecular flexibility index (Phi) is 12.0. The predicted molar refractivity (Wildman–Crippen MR) is 155 cm³/mol. The molecule has 1 aromatic heterocycles. The first-order valence-electron chi connectivity index (χ1n) is 13.1. The molecule has 0 unspecified atom stereocenters. The van der Waals surface area contributed by atoms with Crippen molar-refractivity contribution < 1.29 is 13.6 Å². The summed E-state index contributed by atoms with van der Waals surface area (Å²) >= 11 is 0. The molecule has 1 aromatic carbocycles. The third kappa shape index (κ3) is 7.91. The molecule has 2 aromatic rings. The number of unbranched alkanes of at least 4 members (excludes halogenated alkanes) is 1. The van der Waals surface area contributed by atoms with Crippen LogP contribution >= 0.6 is 0 Å². The van der Waals surface area contributed by atoms with Gasteiger partial charge in [0.15, 0.2) is 0 Å². The van der Waals surface area contributed by atoms with Crippen LogP contribution in [-0.2, 0) is 6.42 Å². The molecule has 6 heteroatoms. The molecule has 0 aliphatic rings. The summed E-state index contributed by atoms with van der Waals surface area (Å²) in [6.45, 7) is 16.2. The molecule has 4 nitrogen and oxygen atoms in total. The van der Waals surface area contributed by atoms with Crippen LogP contribution in [0.1, 0.15) is 92.5 Å². The van der Waals surface area contributed by atoms with Gasteiger partial charge in [0.25, 0.3) is 0 Å². The lowest BCUT2D eigenvalue weighted by Gasteiger charge is -2.12. The number of ketones is 1. The van der Waals surface area contributed by atoms with E-state index in [1.54, 1.807) is 19.1 Å². The van der Waals surface area contributed by atoms with Gasteiger partial charge >= 0.3 is 0 Å². The van der Waals surface area contributed by atoms with Gasteiger partial charge in [0.05, 0.1) is 5.56 Å². The lowest BCUT2D eigenvalue weighted by molar-refractivity contribution is 0.103. The number of allylic oxidation sites excluding steroid dienone is 6. The minimum atomic E-state index is -1.00. The highest BCUT2D eigenvalue weighted by molar-refractivity contribution is 6.17. The Bertz CT molecular complexity index is 1280. The summed E-state index contributed by atoms with van der Waals surface area (Å²) in [5.74, 6) is -2.75. The number of hydrogen-bond acceptors (Lipinski definition) is 3. The van der Waals surface area contributed by atoms with Gasteiger partial charge in [0.2, 0.25) is 5.78 Å².